The molecule has 4 aromatic heterocycles. The lowest BCUT2D eigenvalue weighted by atomic mass is 10.0. The normalized spacial score (nSPS) is 11.6. The average Bonchev–Trinajstić information content (AvgIpc) is 3.99. The zero-order valence-corrected chi connectivity index (χ0v) is 30.0. The topological polar surface area (TPSA) is 82.5 Å². The van der Waals surface area contributed by atoms with Crippen LogP contribution in [-0.2, 0) is 0 Å². The molecule has 7 aromatic carbocycles. The van der Waals surface area contributed by atoms with Crippen LogP contribution in [-0.4, -0.2) is 29.5 Å². The summed E-state index contributed by atoms with van der Waals surface area (Å²) in [4.78, 5) is 24.2. The lowest BCUT2D eigenvalue weighted by Crippen LogP contribution is -1.99. The van der Waals surface area contributed by atoms with Crippen LogP contribution in [0.3, 0.4) is 0 Å². The van der Waals surface area contributed by atoms with Gasteiger partial charge in [-0.2, -0.15) is 0 Å². The molecular formula is C47H28N6OS. The molecule has 8 heteroatoms. The van der Waals surface area contributed by atoms with Crippen molar-refractivity contribution in [1.29, 1.82) is 0 Å². The molecule has 0 aliphatic rings. The standard InChI is InChI=1S/C47H28N6OS/c1-3-10-29(11-4-1)44-50-45(30-12-5-2-6-13-30)52-46(51-44)33-18-21-38-43(26-33)55-47(49-38)34-15-9-14-31(24-34)32-19-22-41-37(25-32)36-16-7-8-17-40(36)53(41)35-20-23-42-39(27-35)48-28-54-42/h1-28H. The molecule has 258 valence electrons. The maximum absolute atomic E-state index is 5.52. The second kappa shape index (κ2) is 12.7. The molecule has 0 amide bonds. The third-order valence-electron chi connectivity index (χ3n) is 10.0. The van der Waals surface area contributed by atoms with E-state index in [2.05, 4.69) is 107 Å². The fourth-order valence-electron chi connectivity index (χ4n) is 7.37. The van der Waals surface area contributed by atoms with E-state index >= 15 is 0 Å². The third-order valence-corrected chi connectivity index (χ3v) is 11.1. The second-order valence-corrected chi connectivity index (χ2v) is 14.4. The van der Waals surface area contributed by atoms with E-state index in [0.29, 0.717) is 17.5 Å². The summed E-state index contributed by atoms with van der Waals surface area (Å²) in [6, 6.07) is 56.5. The van der Waals surface area contributed by atoms with Crippen molar-refractivity contribution in [2.45, 2.75) is 0 Å². The van der Waals surface area contributed by atoms with Crippen molar-refractivity contribution in [1.82, 2.24) is 29.5 Å². The van der Waals surface area contributed by atoms with E-state index in [0.717, 1.165) is 76.4 Å². The molecular weight excluding hydrogens is 697 g/mol. The average molecular weight is 725 g/mol. The smallest absolute Gasteiger partial charge is 0.181 e. The van der Waals surface area contributed by atoms with Gasteiger partial charge >= 0.3 is 0 Å². The van der Waals surface area contributed by atoms with E-state index in [1.54, 1.807) is 11.3 Å². The van der Waals surface area contributed by atoms with Crippen LogP contribution >= 0.6 is 11.3 Å². The Morgan fingerprint density at radius 1 is 0.436 bits per heavy atom. The lowest BCUT2D eigenvalue weighted by Gasteiger charge is -2.08. The first kappa shape index (κ1) is 31.3. The Bertz CT molecular complexity index is 3160. The number of benzene rings is 7. The Kier molecular flexibility index (Phi) is 7.21. The van der Waals surface area contributed by atoms with Gasteiger partial charge in [-0.3, -0.25) is 0 Å². The first-order valence-electron chi connectivity index (χ1n) is 18.0. The molecule has 11 rings (SSSR count). The van der Waals surface area contributed by atoms with Crippen LogP contribution < -0.4 is 0 Å². The minimum atomic E-state index is 0.627. The second-order valence-electron chi connectivity index (χ2n) is 13.4. The molecule has 0 bridgehead atoms. The molecule has 4 heterocycles. The highest BCUT2D eigenvalue weighted by Gasteiger charge is 2.17. The van der Waals surface area contributed by atoms with Crippen LogP contribution in [0.25, 0.3) is 105 Å². The van der Waals surface area contributed by atoms with Crippen molar-refractivity contribution < 1.29 is 4.42 Å². The Hall–Kier alpha value is -7.29. The summed E-state index contributed by atoms with van der Waals surface area (Å²) in [7, 11) is 0. The molecule has 0 atom stereocenters. The third kappa shape index (κ3) is 5.47. The van der Waals surface area contributed by atoms with Gasteiger partial charge in [0.1, 0.15) is 10.5 Å². The Morgan fingerprint density at radius 2 is 1.09 bits per heavy atom. The summed E-state index contributed by atoms with van der Waals surface area (Å²) in [5.74, 6) is 1.91. The van der Waals surface area contributed by atoms with Crippen LogP contribution in [0.4, 0.5) is 0 Å². The summed E-state index contributed by atoms with van der Waals surface area (Å²) < 4.78 is 8.89. The molecule has 7 nitrogen and oxygen atoms in total. The monoisotopic (exact) mass is 724 g/mol. The first-order valence-corrected chi connectivity index (χ1v) is 18.8. The number of para-hydroxylation sites is 1. The molecule has 0 radical (unpaired) electrons. The van der Waals surface area contributed by atoms with Crippen LogP contribution in [0.5, 0.6) is 0 Å². The summed E-state index contributed by atoms with van der Waals surface area (Å²) in [5, 5.41) is 3.35. The summed E-state index contributed by atoms with van der Waals surface area (Å²) in [5.41, 5.74) is 12.0. The maximum Gasteiger partial charge on any atom is 0.181 e. The fraction of sp³-hybridized carbons (Fsp3) is 0. The van der Waals surface area contributed by atoms with Gasteiger partial charge in [0.15, 0.2) is 29.4 Å². The van der Waals surface area contributed by atoms with Gasteiger partial charge in [-0.1, -0.05) is 103 Å². The van der Waals surface area contributed by atoms with Crippen molar-refractivity contribution in [3.05, 3.63) is 170 Å². The van der Waals surface area contributed by atoms with Crippen molar-refractivity contribution in [3.63, 3.8) is 0 Å². The van der Waals surface area contributed by atoms with Gasteiger partial charge < -0.3 is 8.98 Å². The quantitative estimate of drug-likeness (QED) is 0.170. The summed E-state index contributed by atoms with van der Waals surface area (Å²) in [6.07, 6.45) is 1.49. The van der Waals surface area contributed by atoms with Gasteiger partial charge in [0.25, 0.3) is 0 Å². The van der Waals surface area contributed by atoms with Crippen molar-refractivity contribution in [2.24, 2.45) is 0 Å². The predicted molar refractivity (Wildman–Crippen MR) is 222 cm³/mol. The fourth-order valence-corrected chi connectivity index (χ4v) is 8.37. The highest BCUT2D eigenvalue weighted by molar-refractivity contribution is 7.21. The van der Waals surface area contributed by atoms with Gasteiger partial charge in [-0.25, -0.2) is 24.9 Å². The Morgan fingerprint density at radius 3 is 1.89 bits per heavy atom. The van der Waals surface area contributed by atoms with Crippen molar-refractivity contribution in [2.75, 3.05) is 0 Å². The van der Waals surface area contributed by atoms with E-state index in [1.165, 1.54) is 17.2 Å². The number of hydrogen-bond donors (Lipinski definition) is 0. The van der Waals surface area contributed by atoms with Crippen LogP contribution in [0.1, 0.15) is 0 Å². The molecule has 0 aliphatic carbocycles. The van der Waals surface area contributed by atoms with Crippen LogP contribution in [0.15, 0.2) is 175 Å². The molecule has 0 aliphatic heterocycles. The van der Waals surface area contributed by atoms with E-state index < -0.39 is 0 Å². The number of rotatable bonds is 6. The summed E-state index contributed by atoms with van der Waals surface area (Å²) in [6.45, 7) is 0. The molecule has 0 unspecified atom stereocenters. The van der Waals surface area contributed by atoms with Gasteiger partial charge in [0.2, 0.25) is 0 Å². The molecule has 0 N–H and O–H groups in total. The molecule has 0 saturated carbocycles. The van der Waals surface area contributed by atoms with E-state index in [4.69, 9.17) is 24.4 Å². The summed E-state index contributed by atoms with van der Waals surface area (Å²) >= 11 is 1.67. The van der Waals surface area contributed by atoms with Crippen molar-refractivity contribution in [3.8, 4) is 61.5 Å². The van der Waals surface area contributed by atoms with E-state index in [9.17, 15) is 0 Å². The van der Waals surface area contributed by atoms with Gasteiger partial charge in [-0.15, -0.1) is 11.3 Å². The van der Waals surface area contributed by atoms with Crippen LogP contribution in [0, 0.1) is 0 Å². The minimum absolute atomic E-state index is 0.627. The zero-order chi connectivity index (χ0) is 36.3. The number of nitrogens with zero attached hydrogens (tertiary/aromatic N) is 6. The van der Waals surface area contributed by atoms with Crippen LogP contribution in [0.2, 0.25) is 0 Å². The number of hydrogen-bond acceptors (Lipinski definition) is 7. The van der Waals surface area contributed by atoms with E-state index in [-0.39, 0.29) is 0 Å². The molecule has 11 aromatic rings. The van der Waals surface area contributed by atoms with Gasteiger partial charge in [0.05, 0.1) is 21.3 Å². The van der Waals surface area contributed by atoms with Gasteiger partial charge in [0, 0.05) is 38.7 Å². The largest absolute Gasteiger partial charge is 0.443 e. The Labute approximate surface area is 318 Å². The maximum atomic E-state index is 5.52. The highest BCUT2D eigenvalue weighted by Crippen LogP contribution is 2.38. The molecule has 0 saturated heterocycles. The number of oxazole rings is 1. The predicted octanol–water partition coefficient (Wildman–Crippen LogP) is 12.1. The SMILES string of the molecule is c1ccc(-c2nc(-c3ccccc3)nc(-c3ccc4nc(-c5cccc(-c6ccc7c(c6)c6ccccc6n7-c6ccc7ocnc7c6)c5)sc4c3)n2)cc1. The zero-order valence-electron chi connectivity index (χ0n) is 29.2. The van der Waals surface area contributed by atoms with Crippen molar-refractivity contribution >= 4 is 54.5 Å². The lowest BCUT2D eigenvalue weighted by molar-refractivity contribution is 0.602. The number of thiazole rings is 1. The molecule has 55 heavy (non-hydrogen) atoms. The van der Waals surface area contributed by atoms with Gasteiger partial charge in [-0.05, 0) is 71.8 Å². The first-order chi connectivity index (χ1) is 27.2. The Balaban J connectivity index is 0.966. The highest BCUT2D eigenvalue weighted by atomic mass is 32.1. The molecule has 0 spiro atoms. The number of fused-ring (bicyclic) bond motifs is 5. The molecule has 0 fully saturated rings. The minimum Gasteiger partial charge on any atom is -0.443 e. The van der Waals surface area contributed by atoms with E-state index in [1.807, 2.05) is 66.7 Å². The number of aromatic nitrogens is 6.